The van der Waals surface area contributed by atoms with Crippen LogP contribution in [-0.4, -0.2) is 94.2 Å². The summed E-state index contributed by atoms with van der Waals surface area (Å²) in [5, 5.41) is 13.9. The summed E-state index contributed by atoms with van der Waals surface area (Å²) >= 11 is 6.58. The summed E-state index contributed by atoms with van der Waals surface area (Å²) in [7, 11) is 3.97. The van der Waals surface area contributed by atoms with Gasteiger partial charge in [-0.15, -0.1) is 5.10 Å². The number of amides is 3. The van der Waals surface area contributed by atoms with Crippen LogP contribution in [0.3, 0.4) is 0 Å². The Kier molecular flexibility index (Phi) is 10.6. The SMILES string of the molecule is CNc1cc(N2CCc3c(-c4ccc(CN5CCC6(CCC(N(C)c7ccc(Cl)c(C8CCC(=O)NC8=O)c7)CC6)CC5)cn4)cccc32)nn2c(C(=O)N[C@@H]3C[C@@H]3F)cnc12. The van der Waals surface area contributed by atoms with Crippen molar-refractivity contribution in [2.45, 2.75) is 94.9 Å². The zero-order chi connectivity index (χ0) is 42.7. The van der Waals surface area contributed by atoms with E-state index in [1.54, 1.807) is 4.52 Å². The fourth-order valence-electron chi connectivity index (χ4n) is 10.3. The number of rotatable bonds is 10. The molecule has 3 N–H and O–H groups in total. The maximum absolute atomic E-state index is 13.6. The van der Waals surface area contributed by atoms with Crippen molar-refractivity contribution in [3.63, 3.8) is 0 Å². The summed E-state index contributed by atoms with van der Waals surface area (Å²) in [5.74, 6) is -0.582. The average Bonchev–Trinajstić information content (AvgIpc) is 3.60. The number of benzene rings is 2. The van der Waals surface area contributed by atoms with E-state index < -0.39 is 18.1 Å². The Bertz CT molecular complexity index is 2550. The molecule has 2 saturated carbocycles. The minimum absolute atomic E-state index is 0.219. The zero-order valence-corrected chi connectivity index (χ0v) is 35.9. The second-order valence-electron chi connectivity index (χ2n) is 18.0. The van der Waals surface area contributed by atoms with Crippen LogP contribution in [-0.2, 0) is 22.6 Å². The molecule has 2 aromatic carbocycles. The summed E-state index contributed by atoms with van der Waals surface area (Å²) in [4.78, 5) is 54.0. The number of imidazole rings is 1. The Balaban J connectivity index is 0.757. The van der Waals surface area contributed by atoms with E-state index >= 15 is 0 Å². The number of nitrogens with one attached hydrogen (secondary N) is 3. The van der Waals surface area contributed by atoms with Gasteiger partial charge in [-0.1, -0.05) is 29.8 Å². The molecule has 62 heavy (non-hydrogen) atoms. The predicted octanol–water partition coefficient (Wildman–Crippen LogP) is 7.20. The highest BCUT2D eigenvalue weighted by molar-refractivity contribution is 6.31. The summed E-state index contributed by atoms with van der Waals surface area (Å²) in [5.41, 5.74) is 9.32. The fraction of sp³-hybridized carbons (Fsp3) is 0.447. The first kappa shape index (κ1) is 40.5. The van der Waals surface area contributed by atoms with Crippen LogP contribution in [0.2, 0.25) is 5.02 Å². The van der Waals surface area contributed by atoms with Crippen LogP contribution in [0, 0.1) is 5.41 Å². The van der Waals surface area contributed by atoms with Crippen molar-refractivity contribution < 1.29 is 18.8 Å². The molecule has 3 atom stereocenters. The topological polar surface area (TPSA) is 140 Å². The Morgan fingerprint density at radius 3 is 2.52 bits per heavy atom. The van der Waals surface area contributed by atoms with E-state index in [2.05, 4.69) is 79.1 Å². The number of piperidine rings is 2. The Labute approximate surface area is 365 Å². The first-order chi connectivity index (χ1) is 30.1. The molecule has 322 valence electrons. The number of hydrogen-bond acceptors (Lipinski definition) is 10. The number of alkyl halides is 1. The van der Waals surface area contributed by atoms with Crippen molar-refractivity contribution in [2.75, 3.05) is 48.8 Å². The molecule has 2 saturated heterocycles. The fourth-order valence-corrected chi connectivity index (χ4v) is 10.6. The summed E-state index contributed by atoms with van der Waals surface area (Å²) < 4.78 is 15.1. The molecule has 13 nitrogen and oxygen atoms in total. The van der Waals surface area contributed by atoms with Crippen LogP contribution in [0.15, 0.2) is 67.0 Å². The van der Waals surface area contributed by atoms with Gasteiger partial charge in [0.1, 0.15) is 6.17 Å². The Hall–Kier alpha value is -5.60. The van der Waals surface area contributed by atoms with Crippen molar-refractivity contribution in [1.82, 2.24) is 35.1 Å². The highest BCUT2D eigenvalue weighted by Crippen LogP contribution is 2.47. The number of imide groups is 1. The van der Waals surface area contributed by atoms with E-state index in [1.165, 1.54) is 43.0 Å². The summed E-state index contributed by atoms with van der Waals surface area (Å²) in [6.45, 7) is 3.76. The summed E-state index contributed by atoms with van der Waals surface area (Å²) in [6, 6.07) is 18.6. The van der Waals surface area contributed by atoms with Gasteiger partial charge in [0.05, 0.1) is 29.5 Å². The quantitative estimate of drug-likeness (QED) is 0.124. The van der Waals surface area contributed by atoms with Crippen molar-refractivity contribution in [3.05, 3.63) is 94.4 Å². The van der Waals surface area contributed by atoms with Crippen molar-refractivity contribution in [2.24, 2.45) is 5.41 Å². The molecule has 2 aliphatic carbocycles. The van der Waals surface area contributed by atoms with Gasteiger partial charge in [-0.05, 0) is 117 Å². The molecule has 3 aliphatic heterocycles. The number of pyridine rings is 1. The van der Waals surface area contributed by atoms with Gasteiger partial charge in [0.15, 0.2) is 17.2 Å². The van der Waals surface area contributed by atoms with Crippen LogP contribution < -0.4 is 25.8 Å². The molecular formula is C47H52ClFN10O3. The molecule has 0 bridgehead atoms. The average molecular weight is 859 g/mol. The monoisotopic (exact) mass is 858 g/mol. The molecule has 10 rings (SSSR count). The highest BCUT2D eigenvalue weighted by Gasteiger charge is 2.41. The zero-order valence-electron chi connectivity index (χ0n) is 35.2. The molecule has 4 fully saturated rings. The van der Waals surface area contributed by atoms with Crippen LogP contribution in [0.1, 0.15) is 90.9 Å². The number of nitrogens with zero attached hydrogens (tertiary/aromatic N) is 7. The van der Waals surface area contributed by atoms with Gasteiger partial charge in [-0.25, -0.2) is 13.9 Å². The third kappa shape index (κ3) is 7.65. The van der Waals surface area contributed by atoms with Gasteiger partial charge in [0.2, 0.25) is 11.8 Å². The number of anilines is 4. The first-order valence-electron chi connectivity index (χ1n) is 22.0. The van der Waals surface area contributed by atoms with Gasteiger partial charge < -0.3 is 20.4 Å². The molecule has 6 heterocycles. The molecule has 3 amide bonds. The van der Waals surface area contributed by atoms with E-state index in [-0.39, 0.29) is 23.4 Å². The standard InChI is InChI=1S/C47H52ClFN10O3/c1-50-39-24-42(55-59-41(26-52-44(39)59)46(62)53-38-23-36(38)49)58-19-14-32-31(4-3-5-40(32)58)37-10-6-28(25-51-37)27-57-20-17-47(18-21-57)15-12-29(13-16-47)56(2)30-7-9-35(48)34(22-30)33-8-11-43(60)54-45(33)61/h3-7,9-10,22,24-26,29,33,36,38,50H,8,11-21,23,27H2,1-2H3,(H,53,62)(H,54,60,61)/t33?,36-,38+/m0/s1. The van der Waals surface area contributed by atoms with Crippen molar-refractivity contribution in [1.29, 1.82) is 0 Å². The number of fused-ring (bicyclic) bond motifs is 2. The molecule has 15 heteroatoms. The third-order valence-electron chi connectivity index (χ3n) is 14.3. The minimum Gasteiger partial charge on any atom is -0.385 e. The number of aromatic nitrogens is 4. The lowest BCUT2D eigenvalue weighted by Gasteiger charge is -2.47. The number of likely N-dealkylation sites (tertiary alicyclic amines) is 1. The van der Waals surface area contributed by atoms with Crippen molar-refractivity contribution in [3.8, 4) is 11.3 Å². The number of hydrogen-bond donors (Lipinski definition) is 3. The van der Waals surface area contributed by atoms with E-state index in [0.29, 0.717) is 47.2 Å². The van der Waals surface area contributed by atoms with Gasteiger partial charge in [0, 0.05) is 80.3 Å². The first-order valence-corrected chi connectivity index (χ1v) is 22.4. The normalized spacial score (nSPS) is 22.5. The smallest absolute Gasteiger partial charge is 0.271 e. The highest BCUT2D eigenvalue weighted by atomic mass is 35.5. The van der Waals surface area contributed by atoms with Crippen LogP contribution in [0.4, 0.5) is 27.3 Å². The number of carbonyl (C=O) groups is 3. The second-order valence-corrected chi connectivity index (χ2v) is 18.4. The molecule has 5 aromatic rings. The second kappa shape index (κ2) is 16.3. The molecule has 1 unspecified atom stereocenters. The lowest BCUT2D eigenvalue weighted by molar-refractivity contribution is -0.134. The van der Waals surface area contributed by atoms with E-state index in [1.807, 2.05) is 31.4 Å². The Morgan fingerprint density at radius 1 is 0.984 bits per heavy atom. The number of halogens is 2. The molecular weight excluding hydrogens is 807 g/mol. The lowest BCUT2D eigenvalue weighted by Crippen LogP contribution is -2.45. The number of carbonyl (C=O) groups excluding carboxylic acids is 3. The third-order valence-corrected chi connectivity index (χ3v) is 14.6. The maximum atomic E-state index is 13.6. The molecule has 5 aliphatic rings. The van der Waals surface area contributed by atoms with Crippen molar-refractivity contribution >= 4 is 57.8 Å². The van der Waals surface area contributed by atoms with Crippen LogP contribution >= 0.6 is 11.6 Å². The van der Waals surface area contributed by atoms with E-state index in [9.17, 15) is 18.8 Å². The molecule has 3 aromatic heterocycles. The molecule has 0 radical (unpaired) electrons. The Morgan fingerprint density at radius 2 is 1.79 bits per heavy atom. The van der Waals surface area contributed by atoms with Gasteiger partial charge in [-0.2, -0.15) is 0 Å². The summed E-state index contributed by atoms with van der Waals surface area (Å²) in [6.07, 6.45) is 11.6. The lowest BCUT2D eigenvalue weighted by atomic mass is 9.66. The van der Waals surface area contributed by atoms with Crippen LogP contribution in [0.25, 0.3) is 16.9 Å². The maximum Gasteiger partial charge on any atom is 0.271 e. The van der Waals surface area contributed by atoms with Gasteiger partial charge in [0.25, 0.3) is 5.91 Å². The minimum atomic E-state index is -1.000. The van der Waals surface area contributed by atoms with Crippen LogP contribution in [0.5, 0.6) is 0 Å². The van der Waals surface area contributed by atoms with Gasteiger partial charge in [-0.3, -0.25) is 29.6 Å². The largest absolute Gasteiger partial charge is 0.385 e. The predicted molar refractivity (Wildman–Crippen MR) is 238 cm³/mol. The molecule has 1 spiro atoms. The van der Waals surface area contributed by atoms with Gasteiger partial charge >= 0.3 is 0 Å². The van der Waals surface area contributed by atoms with E-state index in [0.717, 1.165) is 79.3 Å². The van der Waals surface area contributed by atoms with E-state index in [4.69, 9.17) is 21.7 Å².